The number of aryl methyl sites for hydroxylation is 1. The maximum atomic E-state index is 12.3. The predicted octanol–water partition coefficient (Wildman–Crippen LogP) is 0.418. The number of carboxylic acids is 1. The van der Waals surface area contributed by atoms with Crippen LogP contribution in [-0.4, -0.2) is 40.4 Å². The third kappa shape index (κ3) is 6.06. The number of carboxylic acid groups (broad SMARTS) is 1. The van der Waals surface area contributed by atoms with Crippen LogP contribution >= 0.6 is 11.3 Å². The van der Waals surface area contributed by atoms with Crippen LogP contribution < -0.4 is 22.1 Å². The van der Waals surface area contributed by atoms with Gasteiger partial charge in [-0.2, -0.15) is 0 Å². The van der Waals surface area contributed by atoms with Crippen molar-refractivity contribution < 1.29 is 19.5 Å². The van der Waals surface area contributed by atoms with E-state index in [1.54, 1.807) is 37.3 Å². The van der Waals surface area contributed by atoms with Crippen molar-refractivity contribution in [2.24, 2.45) is 16.5 Å². The van der Waals surface area contributed by atoms with E-state index in [4.69, 9.17) is 16.6 Å². The van der Waals surface area contributed by atoms with Crippen molar-refractivity contribution in [3.05, 3.63) is 46.6 Å². The molecule has 0 spiro atoms. The molecular formula is C17H20N6O4S. The second-order valence-corrected chi connectivity index (χ2v) is 6.92. The molecule has 0 saturated carbocycles. The number of amides is 2. The monoisotopic (exact) mass is 404 g/mol. The number of carbonyl (C=O) groups is 3. The molecule has 1 atom stereocenters. The zero-order valence-corrected chi connectivity index (χ0v) is 15.8. The Balaban J connectivity index is 2.02. The van der Waals surface area contributed by atoms with Crippen LogP contribution in [0.1, 0.15) is 33.5 Å². The smallest absolute Gasteiger partial charge is 0.305 e. The molecule has 10 nitrogen and oxygen atoms in total. The van der Waals surface area contributed by atoms with E-state index in [1.807, 2.05) is 0 Å². The highest BCUT2D eigenvalue weighted by atomic mass is 32.1. The molecule has 0 aliphatic heterocycles. The summed E-state index contributed by atoms with van der Waals surface area (Å²) in [6, 6.07) is 7.98. The number of rotatable bonds is 8. The van der Waals surface area contributed by atoms with Gasteiger partial charge < -0.3 is 27.2 Å². The molecule has 2 amide bonds. The van der Waals surface area contributed by atoms with E-state index in [0.717, 1.165) is 11.3 Å². The van der Waals surface area contributed by atoms with Gasteiger partial charge in [0.25, 0.3) is 5.91 Å². The normalized spacial score (nSPS) is 11.3. The van der Waals surface area contributed by atoms with Gasteiger partial charge in [-0.25, -0.2) is 9.98 Å². The van der Waals surface area contributed by atoms with Gasteiger partial charge >= 0.3 is 5.97 Å². The molecule has 2 aromatic rings. The minimum absolute atomic E-state index is 0.00819. The highest BCUT2D eigenvalue weighted by molar-refractivity contribution is 7.15. The summed E-state index contributed by atoms with van der Waals surface area (Å²) in [4.78, 5) is 43.5. The molecule has 1 aromatic heterocycles. The molecule has 0 saturated heterocycles. The molecule has 0 bridgehead atoms. The summed E-state index contributed by atoms with van der Waals surface area (Å²) >= 11 is 1.13. The molecule has 0 aliphatic rings. The van der Waals surface area contributed by atoms with E-state index in [2.05, 4.69) is 20.6 Å². The van der Waals surface area contributed by atoms with Gasteiger partial charge in [0, 0.05) is 0 Å². The molecule has 28 heavy (non-hydrogen) atoms. The minimum atomic E-state index is -1.06. The van der Waals surface area contributed by atoms with Gasteiger partial charge in [-0.15, -0.1) is 0 Å². The quantitative estimate of drug-likeness (QED) is 0.313. The average molecular weight is 404 g/mol. The third-order valence-corrected chi connectivity index (χ3v) is 4.35. The Morgan fingerprint density at radius 2 is 1.93 bits per heavy atom. The lowest BCUT2D eigenvalue weighted by Crippen LogP contribution is -2.39. The van der Waals surface area contributed by atoms with Crippen molar-refractivity contribution in [1.82, 2.24) is 15.6 Å². The maximum Gasteiger partial charge on any atom is 0.305 e. The summed E-state index contributed by atoms with van der Waals surface area (Å²) in [5.41, 5.74) is 11.3. The fourth-order valence-corrected chi connectivity index (χ4v) is 3.16. The summed E-state index contributed by atoms with van der Waals surface area (Å²) in [7, 11) is 0. The van der Waals surface area contributed by atoms with Crippen LogP contribution in [0.15, 0.2) is 35.3 Å². The molecule has 7 N–H and O–H groups in total. The summed E-state index contributed by atoms with van der Waals surface area (Å²) in [6.07, 6.45) is -0.288. The number of thiazole rings is 1. The lowest BCUT2D eigenvalue weighted by Gasteiger charge is -2.17. The van der Waals surface area contributed by atoms with E-state index in [1.165, 1.54) is 0 Å². The van der Waals surface area contributed by atoms with E-state index >= 15 is 0 Å². The van der Waals surface area contributed by atoms with Crippen LogP contribution in [0, 0.1) is 6.92 Å². The Hall–Kier alpha value is -3.47. The molecule has 11 heteroatoms. The van der Waals surface area contributed by atoms with Gasteiger partial charge in [0.15, 0.2) is 16.7 Å². The van der Waals surface area contributed by atoms with E-state index in [0.29, 0.717) is 10.6 Å². The lowest BCUT2D eigenvalue weighted by molar-refractivity contribution is -0.137. The largest absolute Gasteiger partial charge is 0.481 e. The van der Waals surface area contributed by atoms with Crippen molar-refractivity contribution in [2.45, 2.75) is 19.4 Å². The first-order valence-corrected chi connectivity index (χ1v) is 8.99. The Labute approximate surface area is 164 Å². The molecule has 0 aliphatic carbocycles. The van der Waals surface area contributed by atoms with Gasteiger partial charge in [0.1, 0.15) is 0 Å². The Bertz CT molecular complexity index is 892. The number of aliphatic imine (C=N–C) groups is 1. The Kier molecular flexibility index (Phi) is 7.04. The fraction of sp³-hybridized carbons (Fsp3) is 0.235. The second-order valence-electron chi connectivity index (χ2n) is 5.73. The topological polar surface area (TPSA) is 173 Å². The van der Waals surface area contributed by atoms with Gasteiger partial charge in [-0.05, 0) is 12.5 Å². The summed E-state index contributed by atoms with van der Waals surface area (Å²) in [6.45, 7) is 1.33. The van der Waals surface area contributed by atoms with Crippen molar-refractivity contribution in [3.8, 4) is 0 Å². The van der Waals surface area contributed by atoms with Gasteiger partial charge in [0.2, 0.25) is 5.91 Å². The van der Waals surface area contributed by atoms with E-state index in [-0.39, 0.29) is 29.6 Å². The zero-order chi connectivity index (χ0) is 20.7. The molecule has 0 radical (unpaired) electrons. The number of hydrogen-bond acceptors (Lipinski definition) is 6. The summed E-state index contributed by atoms with van der Waals surface area (Å²) < 4.78 is 0. The number of nitrogens with two attached hydrogens (primary N) is 2. The number of hydrogen-bond donors (Lipinski definition) is 5. The second kappa shape index (κ2) is 9.46. The molecule has 2 rings (SSSR count). The number of benzene rings is 1. The van der Waals surface area contributed by atoms with Crippen LogP contribution in [0.2, 0.25) is 0 Å². The SMILES string of the molecule is Cc1nc(C(=O)NCC(=O)NC(CC(=O)O)c2ccccc2)c(N=C(N)N)s1. The van der Waals surface area contributed by atoms with Crippen molar-refractivity contribution in [1.29, 1.82) is 0 Å². The fourth-order valence-electron chi connectivity index (χ4n) is 2.36. The average Bonchev–Trinajstić information content (AvgIpc) is 2.99. The number of nitrogens with zero attached hydrogens (tertiary/aromatic N) is 2. The summed E-state index contributed by atoms with van der Waals surface area (Å²) in [5, 5.41) is 14.9. The highest BCUT2D eigenvalue weighted by Crippen LogP contribution is 2.27. The zero-order valence-electron chi connectivity index (χ0n) is 15.0. The number of carbonyl (C=O) groups excluding carboxylic acids is 2. The summed E-state index contributed by atoms with van der Waals surface area (Å²) in [5.74, 6) is -2.43. The Morgan fingerprint density at radius 3 is 2.54 bits per heavy atom. The molecule has 0 fully saturated rings. The first-order chi connectivity index (χ1) is 13.3. The van der Waals surface area contributed by atoms with Crippen LogP contribution in [0.4, 0.5) is 5.00 Å². The van der Waals surface area contributed by atoms with E-state index < -0.39 is 23.8 Å². The van der Waals surface area contributed by atoms with Gasteiger partial charge in [0.05, 0.1) is 24.0 Å². The first-order valence-electron chi connectivity index (χ1n) is 8.17. The molecule has 1 unspecified atom stereocenters. The van der Waals surface area contributed by atoms with Crippen LogP contribution in [0.25, 0.3) is 0 Å². The predicted molar refractivity (Wildman–Crippen MR) is 104 cm³/mol. The molecule has 1 aromatic carbocycles. The van der Waals surface area contributed by atoms with Crippen LogP contribution in [0.5, 0.6) is 0 Å². The first kappa shape index (κ1) is 20.8. The third-order valence-electron chi connectivity index (χ3n) is 3.49. The minimum Gasteiger partial charge on any atom is -0.481 e. The standard InChI is InChI=1S/C17H20N6O4S/c1-9-21-14(16(28-9)23-17(18)19)15(27)20-8-12(24)22-11(7-13(25)26)10-5-3-2-4-6-10/h2-6,11H,7-8H2,1H3,(H,20,27)(H,22,24)(H,25,26)(H4,18,19,23). The van der Waals surface area contributed by atoms with Crippen molar-refractivity contribution >= 4 is 40.1 Å². The van der Waals surface area contributed by atoms with Crippen LogP contribution in [-0.2, 0) is 9.59 Å². The number of nitrogens with one attached hydrogen (secondary N) is 2. The van der Waals surface area contributed by atoms with Gasteiger partial charge in [-0.3, -0.25) is 14.4 Å². The number of aromatic nitrogens is 1. The van der Waals surface area contributed by atoms with Crippen molar-refractivity contribution in [2.75, 3.05) is 6.54 Å². The Morgan fingerprint density at radius 1 is 1.25 bits per heavy atom. The van der Waals surface area contributed by atoms with Crippen molar-refractivity contribution in [3.63, 3.8) is 0 Å². The van der Waals surface area contributed by atoms with E-state index in [9.17, 15) is 14.4 Å². The number of guanidine groups is 1. The van der Waals surface area contributed by atoms with Crippen LogP contribution in [0.3, 0.4) is 0 Å². The number of aliphatic carboxylic acids is 1. The molecule has 1 heterocycles. The highest BCUT2D eigenvalue weighted by Gasteiger charge is 2.20. The lowest BCUT2D eigenvalue weighted by atomic mass is 10.0. The maximum absolute atomic E-state index is 12.3. The molecule has 148 valence electrons. The molecular weight excluding hydrogens is 384 g/mol. The van der Waals surface area contributed by atoms with Gasteiger partial charge in [-0.1, -0.05) is 41.7 Å².